The fourth-order valence-electron chi connectivity index (χ4n) is 1.78. The highest BCUT2D eigenvalue weighted by molar-refractivity contribution is 5.75. The van der Waals surface area contributed by atoms with Crippen LogP contribution in [-0.4, -0.2) is 30.6 Å². The third-order valence-electron chi connectivity index (χ3n) is 2.75. The topological polar surface area (TPSA) is 63.3 Å². The largest absolute Gasteiger partial charge is 0.491 e. The minimum Gasteiger partial charge on any atom is -0.491 e. The van der Waals surface area contributed by atoms with E-state index in [2.05, 4.69) is 22.5 Å². The van der Waals surface area contributed by atoms with Crippen LogP contribution in [0.3, 0.4) is 0 Å². The Bertz CT molecular complexity index is 422. The third kappa shape index (κ3) is 6.02. The predicted octanol–water partition coefficient (Wildman–Crippen LogP) is 1.79. The highest BCUT2D eigenvalue weighted by Crippen LogP contribution is 2.17. The molecule has 0 spiro atoms. The molecule has 2 N–H and O–H groups in total. The van der Waals surface area contributed by atoms with E-state index in [4.69, 9.17) is 4.74 Å². The quantitative estimate of drug-likeness (QED) is 0.677. The van der Waals surface area contributed by atoms with Gasteiger partial charge < -0.3 is 15.4 Å². The smallest absolute Gasteiger partial charge is 0.223 e. The molecule has 0 saturated heterocycles. The first-order valence-corrected chi connectivity index (χ1v) is 7.24. The van der Waals surface area contributed by atoms with Crippen molar-refractivity contribution >= 4 is 5.91 Å². The van der Waals surface area contributed by atoms with Crippen LogP contribution in [0.5, 0.6) is 5.75 Å². The van der Waals surface area contributed by atoms with Gasteiger partial charge in [-0.25, -0.2) is 0 Å². The van der Waals surface area contributed by atoms with Gasteiger partial charge in [-0.05, 0) is 38.9 Å². The van der Waals surface area contributed by atoms with Gasteiger partial charge in [-0.15, -0.1) is 0 Å². The first-order chi connectivity index (χ1) is 9.67. The van der Waals surface area contributed by atoms with Crippen LogP contribution in [0.15, 0.2) is 12.1 Å². The molecule has 1 amide bonds. The number of hydrogen-bond acceptors (Lipinski definition) is 4. The maximum atomic E-state index is 11.4. The van der Waals surface area contributed by atoms with E-state index in [1.54, 1.807) is 0 Å². The van der Waals surface area contributed by atoms with Crippen molar-refractivity contribution in [2.45, 2.75) is 40.2 Å². The van der Waals surface area contributed by atoms with E-state index in [0.717, 1.165) is 30.1 Å². The molecule has 112 valence electrons. The van der Waals surface area contributed by atoms with Gasteiger partial charge in [0.15, 0.2) is 0 Å². The lowest BCUT2D eigenvalue weighted by Gasteiger charge is -2.12. The average Bonchev–Trinajstić information content (AvgIpc) is 2.42. The highest BCUT2D eigenvalue weighted by Gasteiger charge is 2.07. The van der Waals surface area contributed by atoms with E-state index < -0.39 is 0 Å². The Morgan fingerprint density at radius 3 is 2.85 bits per heavy atom. The summed E-state index contributed by atoms with van der Waals surface area (Å²) in [5.74, 6) is 0.765. The van der Waals surface area contributed by atoms with Crippen LogP contribution in [0, 0.1) is 6.92 Å². The molecular weight excluding hydrogens is 254 g/mol. The molecule has 0 radical (unpaired) electrons. The molecule has 0 aliphatic heterocycles. The summed E-state index contributed by atoms with van der Waals surface area (Å²) < 4.78 is 5.68. The Hall–Kier alpha value is -1.62. The molecule has 0 aromatic carbocycles. The number of aromatic nitrogens is 1. The molecule has 0 bridgehead atoms. The minimum atomic E-state index is 0.0122. The molecule has 5 heteroatoms. The summed E-state index contributed by atoms with van der Waals surface area (Å²) in [5.41, 5.74) is 1.86. The summed E-state index contributed by atoms with van der Waals surface area (Å²) in [6.07, 6.45) is 1.45. The first kappa shape index (κ1) is 16.4. The number of rotatable bonds is 9. The van der Waals surface area contributed by atoms with E-state index >= 15 is 0 Å². The van der Waals surface area contributed by atoms with Gasteiger partial charge in [0.2, 0.25) is 5.91 Å². The van der Waals surface area contributed by atoms with Crippen LogP contribution in [0.2, 0.25) is 0 Å². The second kappa shape index (κ2) is 9.31. The van der Waals surface area contributed by atoms with Gasteiger partial charge >= 0.3 is 0 Å². The zero-order valence-corrected chi connectivity index (χ0v) is 12.7. The molecular formula is C15H25N3O2. The molecule has 20 heavy (non-hydrogen) atoms. The number of amides is 1. The van der Waals surface area contributed by atoms with Crippen molar-refractivity contribution in [1.82, 2.24) is 15.6 Å². The number of pyridine rings is 1. The number of nitrogens with one attached hydrogen (secondary N) is 2. The summed E-state index contributed by atoms with van der Waals surface area (Å²) in [4.78, 5) is 15.9. The lowest BCUT2D eigenvalue weighted by molar-refractivity contribution is -0.121. The van der Waals surface area contributed by atoms with Crippen molar-refractivity contribution in [3.05, 3.63) is 23.5 Å². The monoisotopic (exact) mass is 279 g/mol. The van der Waals surface area contributed by atoms with Gasteiger partial charge in [0.25, 0.3) is 0 Å². The van der Waals surface area contributed by atoms with Gasteiger partial charge in [-0.1, -0.05) is 6.92 Å². The molecule has 1 aromatic rings. The molecule has 0 aliphatic carbocycles. The second-order valence-corrected chi connectivity index (χ2v) is 4.63. The van der Waals surface area contributed by atoms with Crippen molar-refractivity contribution in [1.29, 1.82) is 0 Å². The van der Waals surface area contributed by atoms with Crippen molar-refractivity contribution in [3.8, 4) is 5.75 Å². The van der Waals surface area contributed by atoms with Gasteiger partial charge in [-0.3, -0.25) is 9.78 Å². The lowest BCUT2D eigenvalue weighted by atomic mass is 10.2. The Balaban J connectivity index is 2.52. The molecule has 5 nitrogen and oxygen atoms in total. The van der Waals surface area contributed by atoms with Crippen LogP contribution in [0.4, 0.5) is 0 Å². The fraction of sp³-hybridized carbons (Fsp3) is 0.600. The van der Waals surface area contributed by atoms with Gasteiger partial charge in [0, 0.05) is 18.8 Å². The van der Waals surface area contributed by atoms with E-state index in [0.29, 0.717) is 26.1 Å². The minimum absolute atomic E-state index is 0.0122. The average molecular weight is 279 g/mol. The second-order valence-electron chi connectivity index (χ2n) is 4.63. The van der Waals surface area contributed by atoms with E-state index in [9.17, 15) is 4.79 Å². The molecule has 0 unspecified atom stereocenters. The SMILES string of the molecule is CCCNCc1nc(C)ccc1OCCC(=O)NCC. The van der Waals surface area contributed by atoms with Crippen molar-refractivity contribution in [2.75, 3.05) is 19.7 Å². The Labute approximate surface area is 121 Å². The van der Waals surface area contributed by atoms with E-state index in [1.807, 2.05) is 26.0 Å². The van der Waals surface area contributed by atoms with Crippen LogP contribution in [0.25, 0.3) is 0 Å². The zero-order chi connectivity index (χ0) is 14.8. The summed E-state index contributed by atoms with van der Waals surface area (Å²) >= 11 is 0. The highest BCUT2D eigenvalue weighted by atomic mass is 16.5. The molecule has 0 atom stereocenters. The fourth-order valence-corrected chi connectivity index (χ4v) is 1.78. The molecule has 1 heterocycles. The number of carbonyl (C=O) groups is 1. The van der Waals surface area contributed by atoms with Crippen molar-refractivity contribution in [3.63, 3.8) is 0 Å². The van der Waals surface area contributed by atoms with Crippen molar-refractivity contribution < 1.29 is 9.53 Å². The van der Waals surface area contributed by atoms with Crippen LogP contribution in [0.1, 0.15) is 38.1 Å². The first-order valence-electron chi connectivity index (χ1n) is 7.24. The number of carbonyl (C=O) groups excluding carboxylic acids is 1. The van der Waals surface area contributed by atoms with Crippen LogP contribution >= 0.6 is 0 Å². The maximum absolute atomic E-state index is 11.4. The lowest BCUT2D eigenvalue weighted by Crippen LogP contribution is -2.24. The van der Waals surface area contributed by atoms with Gasteiger partial charge in [-0.2, -0.15) is 0 Å². The number of aryl methyl sites for hydroxylation is 1. The van der Waals surface area contributed by atoms with Crippen LogP contribution < -0.4 is 15.4 Å². The molecule has 1 rings (SSSR count). The number of hydrogen-bond donors (Lipinski definition) is 2. The van der Waals surface area contributed by atoms with E-state index in [1.165, 1.54) is 0 Å². The van der Waals surface area contributed by atoms with Crippen molar-refractivity contribution in [2.24, 2.45) is 0 Å². The standard InChI is InChI=1S/C15H25N3O2/c1-4-9-16-11-13-14(7-6-12(3)18-13)20-10-8-15(19)17-5-2/h6-7,16H,4-5,8-11H2,1-3H3,(H,17,19). The number of nitrogens with zero attached hydrogens (tertiary/aromatic N) is 1. The molecule has 0 saturated carbocycles. The molecule has 0 fully saturated rings. The normalized spacial score (nSPS) is 10.3. The molecule has 1 aromatic heterocycles. The van der Waals surface area contributed by atoms with Gasteiger partial charge in [0.05, 0.1) is 18.7 Å². The Kier molecular flexibility index (Phi) is 7.65. The molecule has 0 aliphatic rings. The van der Waals surface area contributed by atoms with Crippen LogP contribution in [-0.2, 0) is 11.3 Å². The number of ether oxygens (including phenoxy) is 1. The Morgan fingerprint density at radius 2 is 2.15 bits per heavy atom. The summed E-state index contributed by atoms with van der Waals surface area (Å²) in [6.45, 7) is 8.65. The maximum Gasteiger partial charge on any atom is 0.223 e. The van der Waals surface area contributed by atoms with E-state index in [-0.39, 0.29) is 5.91 Å². The predicted molar refractivity (Wildman–Crippen MR) is 79.8 cm³/mol. The van der Waals surface area contributed by atoms with Gasteiger partial charge in [0.1, 0.15) is 5.75 Å². The summed E-state index contributed by atoms with van der Waals surface area (Å²) in [6, 6.07) is 3.84. The zero-order valence-electron chi connectivity index (χ0n) is 12.7. The summed E-state index contributed by atoms with van der Waals surface area (Å²) in [7, 11) is 0. The third-order valence-corrected chi connectivity index (χ3v) is 2.75. The Morgan fingerprint density at radius 1 is 1.35 bits per heavy atom. The summed E-state index contributed by atoms with van der Waals surface area (Å²) in [5, 5.41) is 6.07.